The summed E-state index contributed by atoms with van der Waals surface area (Å²) in [7, 11) is 0. The van der Waals surface area contributed by atoms with Crippen LogP contribution in [0.5, 0.6) is 0 Å². The smallest absolute Gasteiger partial charge is 0.280 e. The molecule has 1 amide bonds. The maximum Gasteiger partial charge on any atom is 0.280 e. The summed E-state index contributed by atoms with van der Waals surface area (Å²) in [5.41, 5.74) is 0. The summed E-state index contributed by atoms with van der Waals surface area (Å²) in [6, 6.07) is 0. The van der Waals surface area contributed by atoms with Crippen molar-refractivity contribution in [3.8, 4) is 0 Å². The third kappa shape index (κ3) is 4.41. The maximum atomic E-state index is 11.6. The summed E-state index contributed by atoms with van der Waals surface area (Å²) in [4.78, 5) is 15.6. The van der Waals surface area contributed by atoms with E-state index in [9.17, 15) is 4.79 Å². The van der Waals surface area contributed by atoms with Crippen LogP contribution in [0.3, 0.4) is 0 Å². The molecule has 1 heterocycles. The molecular weight excluding hydrogens is 244 g/mol. The van der Waals surface area contributed by atoms with Gasteiger partial charge in [-0.25, -0.2) is 4.98 Å². The van der Waals surface area contributed by atoms with Crippen molar-refractivity contribution >= 4 is 17.2 Å². The van der Waals surface area contributed by atoms with Gasteiger partial charge >= 0.3 is 0 Å². The molecule has 18 heavy (non-hydrogen) atoms. The molecule has 1 fully saturated rings. The van der Waals surface area contributed by atoms with E-state index in [1.807, 2.05) is 5.38 Å². The first kappa shape index (κ1) is 13.5. The van der Waals surface area contributed by atoms with Crippen LogP contribution in [-0.2, 0) is 0 Å². The van der Waals surface area contributed by atoms with Gasteiger partial charge in [0.1, 0.15) is 0 Å². The Morgan fingerprint density at radius 3 is 2.89 bits per heavy atom. The first-order valence-corrected chi connectivity index (χ1v) is 7.92. The number of nitrogens with one attached hydrogen (secondary N) is 1. The van der Waals surface area contributed by atoms with Crippen LogP contribution < -0.4 is 5.32 Å². The standard InChI is InChI=1S/C14H22N2OS/c17-13(14-16-10-11-18-14)15-9-5-4-8-12-6-2-1-3-7-12/h10-12H,1-9H2,(H,15,17). The van der Waals surface area contributed by atoms with E-state index in [2.05, 4.69) is 10.3 Å². The zero-order valence-corrected chi connectivity index (χ0v) is 11.7. The Morgan fingerprint density at radius 1 is 1.33 bits per heavy atom. The number of thiazole rings is 1. The number of unbranched alkanes of at least 4 members (excludes halogenated alkanes) is 1. The van der Waals surface area contributed by atoms with E-state index >= 15 is 0 Å². The minimum Gasteiger partial charge on any atom is -0.350 e. The van der Waals surface area contributed by atoms with Gasteiger partial charge in [-0.3, -0.25) is 4.79 Å². The van der Waals surface area contributed by atoms with Crippen LogP contribution in [-0.4, -0.2) is 17.4 Å². The summed E-state index contributed by atoms with van der Waals surface area (Å²) < 4.78 is 0. The van der Waals surface area contributed by atoms with Gasteiger partial charge in [0.15, 0.2) is 5.01 Å². The monoisotopic (exact) mass is 266 g/mol. The van der Waals surface area contributed by atoms with Crippen molar-refractivity contribution in [1.29, 1.82) is 0 Å². The van der Waals surface area contributed by atoms with Crippen LogP contribution in [0.4, 0.5) is 0 Å². The highest BCUT2D eigenvalue weighted by molar-refractivity contribution is 7.11. The van der Waals surface area contributed by atoms with Gasteiger partial charge in [-0.15, -0.1) is 11.3 Å². The average molecular weight is 266 g/mol. The second kappa shape index (κ2) is 7.52. The molecule has 0 spiro atoms. The Balaban J connectivity index is 1.52. The zero-order valence-electron chi connectivity index (χ0n) is 10.9. The van der Waals surface area contributed by atoms with Gasteiger partial charge in [0, 0.05) is 18.1 Å². The molecule has 0 saturated heterocycles. The number of hydrogen-bond donors (Lipinski definition) is 1. The number of carbonyl (C=O) groups excluding carboxylic acids is 1. The summed E-state index contributed by atoms with van der Waals surface area (Å²) >= 11 is 1.39. The van der Waals surface area contributed by atoms with Crippen LogP contribution in [0.15, 0.2) is 11.6 Å². The van der Waals surface area contributed by atoms with Gasteiger partial charge in [-0.05, 0) is 12.3 Å². The fourth-order valence-electron chi connectivity index (χ4n) is 2.65. The highest BCUT2D eigenvalue weighted by Crippen LogP contribution is 2.27. The lowest BCUT2D eigenvalue weighted by molar-refractivity contribution is 0.0952. The van der Waals surface area contributed by atoms with Crippen LogP contribution >= 0.6 is 11.3 Å². The predicted octanol–water partition coefficient (Wildman–Crippen LogP) is 3.62. The van der Waals surface area contributed by atoms with Crippen LogP contribution in [0, 0.1) is 5.92 Å². The van der Waals surface area contributed by atoms with Crippen molar-refractivity contribution in [3.63, 3.8) is 0 Å². The van der Waals surface area contributed by atoms with Gasteiger partial charge in [0.2, 0.25) is 0 Å². The Bertz CT molecular complexity index is 345. The van der Waals surface area contributed by atoms with E-state index in [1.54, 1.807) is 6.20 Å². The van der Waals surface area contributed by atoms with Crippen molar-refractivity contribution in [1.82, 2.24) is 10.3 Å². The van der Waals surface area contributed by atoms with E-state index < -0.39 is 0 Å². The molecule has 2 rings (SSSR count). The SMILES string of the molecule is O=C(NCCCCC1CCCCC1)c1nccs1. The molecule has 1 aromatic heterocycles. The summed E-state index contributed by atoms with van der Waals surface area (Å²) in [6.07, 6.45) is 12.5. The number of aromatic nitrogens is 1. The normalized spacial score (nSPS) is 16.7. The van der Waals surface area contributed by atoms with Crippen molar-refractivity contribution in [2.75, 3.05) is 6.54 Å². The van der Waals surface area contributed by atoms with Crippen molar-refractivity contribution in [2.24, 2.45) is 5.92 Å². The maximum absolute atomic E-state index is 11.6. The zero-order chi connectivity index (χ0) is 12.6. The third-order valence-electron chi connectivity index (χ3n) is 3.68. The molecule has 0 aromatic carbocycles. The predicted molar refractivity (Wildman–Crippen MR) is 74.9 cm³/mol. The second-order valence-corrected chi connectivity index (χ2v) is 5.99. The second-order valence-electron chi connectivity index (χ2n) is 5.09. The fourth-order valence-corrected chi connectivity index (χ4v) is 3.20. The molecule has 100 valence electrons. The van der Waals surface area contributed by atoms with Gasteiger partial charge in [-0.1, -0.05) is 44.9 Å². The van der Waals surface area contributed by atoms with Crippen LogP contribution in [0.1, 0.15) is 61.2 Å². The van der Waals surface area contributed by atoms with E-state index in [0.29, 0.717) is 5.01 Å². The Labute approximate surface area is 113 Å². The number of rotatable bonds is 6. The van der Waals surface area contributed by atoms with Gasteiger partial charge in [0.25, 0.3) is 5.91 Å². The Morgan fingerprint density at radius 2 is 2.17 bits per heavy atom. The summed E-state index contributed by atoms with van der Waals surface area (Å²) in [5, 5.41) is 5.33. The van der Waals surface area contributed by atoms with Crippen molar-refractivity contribution < 1.29 is 4.79 Å². The lowest BCUT2D eigenvalue weighted by Gasteiger charge is -2.21. The van der Waals surface area contributed by atoms with Gasteiger partial charge in [-0.2, -0.15) is 0 Å². The molecule has 0 unspecified atom stereocenters. The molecule has 1 aliphatic rings. The van der Waals surface area contributed by atoms with E-state index in [1.165, 1.54) is 56.3 Å². The fraction of sp³-hybridized carbons (Fsp3) is 0.714. The topological polar surface area (TPSA) is 42.0 Å². The molecule has 1 aliphatic carbocycles. The molecule has 3 nitrogen and oxygen atoms in total. The Kier molecular flexibility index (Phi) is 5.65. The molecule has 1 N–H and O–H groups in total. The quantitative estimate of drug-likeness (QED) is 0.799. The number of amides is 1. The number of hydrogen-bond acceptors (Lipinski definition) is 3. The van der Waals surface area contributed by atoms with Crippen molar-refractivity contribution in [2.45, 2.75) is 51.4 Å². The van der Waals surface area contributed by atoms with E-state index in [0.717, 1.165) is 18.9 Å². The number of carbonyl (C=O) groups is 1. The van der Waals surface area contributed by atoms with E-state index in [4.69, 9.17) is 0 Å². The highest BCUT2D eigenvalue weighted by atomic mass is 32.1. The highest BCUT2D eigenvalue weighted by Gasteiger charge is 2.12. The minimum absolute atomic E-state index is 0.0253. The average Bonchev–Trinajstić information content (AvgIpc) is 2.93. The van der Waals surface area contributed by atoms with Crippen LogP contribution in [0.25, 0.3) is 0 Å². The Hall–Kier alpha value is -0.900. The molecule has 0 radical (unpaired) electrons. The molecule has 1 saturated carbocycles. The molecule has 0 aliphatic heterocycles. The largest absolute Gasteiger partial charge is 0.350 e. The molecule has 4 heteroatoms. The third-order valence-corrected chi connectivity index (χ3v) is 4.45. The summed E-state index contributed by atoms with van der Waals surface area (Å²) in [6.45, 7) is 0.783. The summed E-state index contributed by atoms with van der Waals surface area (Å²) in [5.74, 6) is 0.927. The lowest BCUT2D eigenvalue weighted by Crippen LogP contribution is -2.24. The van der Waals surface area contributed by atoms with Gasteiger partial charge < -0.3 is 5.32 Å². The molecule has 0 atom stereocenters. The molecule has 0 bridgehead atoms. The number of nitrogens with zero attached hydrogens (tertiary/aromatic N) is 1. The lowest BCUT2D eigenvalue weighted by atomic mass is 9.86. The molecular formula is C14H22N2OS. The van der Waals surface area contributed by atoms with Gasteiger partial charge in [0.05, 0.1) is 0 Å². The first-order chi connectivity index (χ1) is 8.86. The molecule has 1 aromatic rings. The van der Waals surface area contributed by atoms with Crippen LogP contribution in [0.2, 0.25) is 0 Å². The first-order valence-electron chi connectivity index (χ1n) is 7.04. The van der Waals surface area contributed by atoms with E-state index in [-0.39, 0.29) is 5.91 Å². The van der Waals surface area contributed by atoms with Crippen molar-refractivity contribution in [3.05, 3.63) is 16.6 Å². The minimum atomic E-state index is -0.0253.